The maximum atomic E-state index is 14.0. The fourth-order valence-electron chi connectivity index (χ4n) is 1.96. The van der Waals surface area contributed by atoms with Gasteiger partial charge in [0.05, 0.1) is 15.6 Å². The van der Waals surface area contributed by atoms with E-state index in [1.54, 1.807) is 10.7 Å². The molecule has 1 unspecified atom stereocenters. The van der Waals surface area contributed by atoms with Crippen molar-refractivity contribution in [2.45, 2.75) is 36.2 Å². The summed E-state index contributed by atoms with van der Waals surface area (Å²) in [6, 6.07) is 7.10. The Balaban J connectivity index is 2.35. The van der Waals surface area contributed by atoms with Gasteiger partial charge in [0.25, 0.3) is 0 Å². The Bertz CT molecular complexity index is 578. The lowest BCUT2D eigenvalue weighted by atomic mass is 10.1. The third-order valence-corrected chi connectivity index (χ3v) is 4.01. The second-order valence-electron chi connectivity index (χ2n) is 4.76. The van der Waals surface area contributed by atoms with Crippen molar-refractivity contribution in [3.63, 3.8) is 0 Å². The number of halogens is 1. The summed E-state index contributed by atoms with van der Waals surface area (Å²) in [4.78, 5) is 0.641. The van der Waals surface area contributed by atoms with Gasteiger partial charge >= 0.3 is 0 Å². The van der Waals surface area contributed by atoms with E-state index in [1.165, 1.54) is 17.8 Å². The number of nitrogens with two attached hydrogens (primary N) is 1. The average molecular weight is 279 g/mol. The minimum absolute atomic E-state index is 0.00873. The summed E-state index contributed by atoms with van der Waals surface area (Å²) >= 11 is 1.40. The average Bonchev–Trinajstić information content (AvgIpc) is 2.61. The Hall–Kier alpha value is -1.33. The van der Waals surface area contributed by atoms with Crippen LogP contribution in [0, 0.1) is 12.7 Å². The lowest BCUT2D eigenvalue weighted by Crippen LogP contribution is -2.18. The van der Waals surface area contributed by atoms with E-state index in [4.69, 9.17) is 5.73 Å². The van der Waals surface area contributed by atoms with Crippen LogP contribution >= 0.6 is 11.8 Å². The molecule has 1 atom stereocenters. The fourth-order valence-corrected chi connectivity index (χ4v) is 3.02. The Kier molecular flexibility index (Phi) is 4.27. The van der Waals surface area contributed by atoms with Gasteiger partial charge in [-0.2, -0.15) is 5.10 Å². The van der Waals surface area contributed by atoms with Crippen LogP contribution in [0.15, 0.2) is 34.2 Å². The Morgan fingerprint density at radius 1 is 1.47 bits per heavy atom. The second kappa shape index (κ2) is 5.75. The zero-order valence-corrected chi connectivity index (χ0v) is 12.2. The van der Waals surface area contributed by atoms with Gasteiger partial charge in [-0.25, -0.2) is 4.39 Å². The van der Waals surface area contributed by atoms with Crippen molar-refractivity contribution in [3.05, 3.63) is 41.3 Å². The van der Waals surface area contributed by atoms with Gasteiger partial charge in [0, 0.05) is 13.1 Å². The number of benzene rings is 1. The summed E-state index contributed by atoms with van der Waals surface area (Å²) in [5.41, 5.74) is 7.69. The highest BCUT2D eigenvalue weighted by Gasteiger charge is 2.13. The number of aromatic nitrogens is 2. The molecule has 102 valence electrons. The van der Waals surface area contributed by atoms with Crippen molar-refractivity contribution in [1.82, 2.24) is 9.78 Å². The third kappa shape index (κ3) is 3.36. The van der Waals surface area contributed by atoms with Gasteiger partial charge in [-0.1, -0.05) is 23.9 Å². The van der Waals surface area contributed by atoms with Crippen molar-refractivity contribution in [1.29, 1.82) is 0 Å². The van der Waals surface area contributed by atoms with Gasteiger partial charge in [-0.05, 0) is 38.0 Å². The molecule has 2 rings (SSSR count). The first-order valence-electron chi connectivity index (χ1n) is 6.19. The van der Waals surface area contributed by atoms with Gasteiger partial charge in [0.2, 0.25) is 0 Å². The molecule has 0 aliphatic heterocycles. The van der Waals surface area contributed by atoms with E-state index in [0.717, 1.165) is 16.3 Å². The largest absolute Gasteiger partial charge is 0.328 e. The Morgan fingerprint density at radius 3 is 2.79 bits per heavy atom. The maximum absolute atomic E-state index is 14.0. The minimum atomic E-state index is -0.206. The highest BCUT2D eigenvalue weighted by molar-refractivity contribution is 7.99. The van der Waals surface area contributed by atoms with E-state index < -0.39 is 0 Å². The molecule has 19 heavy (non-hydrogen) atoms. The molecular formula is C14H18FN3S. The SMILES string of the molecule is Cc1cc(Sc2c(F)cccc2CC(C)N)n(C)n1. The van der Waals surface area contributed by atoms with Gasteiger partial charge in [-0.15, -0.1) is 0 Å². The molecular weight excluding hydrogens is 261 g/mol. The van der Waals surface area contributed by atoms with Crippen LogP contribution in [0.5, 0.6) is 0 Å². The molecule has 2 aromatic rings. The molecule has 0 radical (unpaired) electrons. The van der Waals surface area contributed by atoms with Crippen LogP contribution in [0.3, 0.4) is 0 Å². The summed E-state index contributed by atoms with van der Waals surface area (Å²) in [5, 5.41) is 5.20. The molecule has 0 saturated carbocycles. The van der Waals surface area contributed by atoms with Crippen LogP contribution in [0.2, 0.25) is 0 Å². The van der Waals surface area contributed by atoms with Gasteiger partial charge in [0.15, 0.2) is 0 Å². The summed E-state index contributed by atoms with van der Waals surface area (Å²) in [6.45, 7) is 3.85. The van der Waals surface area contributed by atoms with Crippen LogP contribution in [0.1, 0.15) is 18.2 Å². The second-order valence-corrected chi connectivity index (χ2v) is 5.79. The van der Waals surface area contributed by atoms with Crippen molar-refractivity contribution in [3.8, 4) is 0 Å². The molecule has 0 aliphatic rings. The monoisotopic (exact) mass is 279 g/mol. The fraction of sp³-hybridized carbons (Fsp3) is 0.357. The standard InChI is InChI=1S/C14H18FN3S/c1-9(16)7-11-5-4-6-12(15)14(11)19-13-8-10(2)17-18(13)3/h4-6,8-9H,7,16H2,1-3H3. The van der Waals surface area contributed by atoms with Crippen molar-refractivity contribution < 1.29 is 4.39 Å². The molecule has 3 nitrogen and oxygen atoms in total. The molecule has 1 aromatic carbocycles. The predicted molar refractivity (Wildman–Crippen MR) is 75.8 cm³/mol. The molecule has 2 N–H and O–H groups in total. The van der Waals surface area contributed by atoms with Crippen LogP contribution < -0.4 is 5.73 Å². The Morgan fingerprint density at radius 2 is 2.21 bits per heavy atom. The molecule has 1 heterocycles. The van der Waals surface area contributed by atoms with E-state index in [2.05, 4.69) is 5.10 Å². The first-order valence-corrected chi connectivity index (χ1v) is 7.00. The van der Waals surface area contributed by atoms with E-state index in [9.17, 15) is 4.39 Å². The van der Waals surface area contributed by atoms with Crippen molar-refractivity contribution >= 4 is 11.8 Å². The molecule has 0 saturated heterocycles. The molecule has 1 aromatic heterocycles. The molecule has 0 aliphatic carbocycles. The summed E-state index contributed by atoms with van der Waals surface area (Å²) in [5.74, 6) is -0.206. The van der Waals surface area contributed by atoms with Crippen LogP contribution in [0.25, 0.3) is 0 Å². The van der Waals surface area contributed by atoms with Crippen LogP contribution in [-0.2, 0) is 13.5 Å². The summed E-state index contributed by atoms with van der Waals surface area (Å²) in [7, 11) is 1.86. The molecule has 0 bridgehead atoms. The zero-order chi connectivity index (χ0) is 14.0. The highest BCUT2D eigenvalue weighted by Crippen LogP contribution is 2.33. The molecule has 5 heteroatoms. The summed E-state index contributed by atoms with van der Waals surface area (Å²) < 4.78 is 15.8. The lowest BCUT2D eigenvalue weighted by Gasteiger charge is -2.12. The predicted octanol–water partition coefficient (Wildman–Crippen LogP) is 2.91. The first kappa shape index (κ1) is 14.1. The molecule has 0 spiro atoms. The zero-order valence-electron chi connectivity index (χ0n) is 11.4. The van der Waals surface area contributed by atoms with E-state index in [1.807, 2.05) is 33.0 Å². The number of nitrogens with zero attached hydrogens (tertiary/aromatic N) is 2. The molecule has 0 fully saturated rings. The summed E-state index contributed by atoms with van der Waals surface area (Å²) in [6.07, 6.45) is 0.664. The maximum Gasteiger partial charge on any atom is 0.137 e. The van der Waals surface area contributed by atoms with Gasteiger partial charge in [0.1, 0.15) is 5.82 Å². The van der Waals surface area contributed by atoms with E-state index >= 15 is 0 Å². The smallest absolute Gasteiger partial charge is 0.137 e. The molecule has 0 amide bonds. The van der Waals surface area contributed by atoms with Crippen molar-refractivity contribution in [2.24, 2.45) is 12.8 Å². The highest BCUT2D eigenvalue weighted by atomic mass is 32.2. The van der Waals surface area contributed by atoms with Crippen molar-refractivity contribution in [2.75, 3.05) is 0 Å². The van der Waals surface area contributed by atoms with Gasteiger partial charge < -0.3 is 5.73 Å². The van der Waals surface area contributed by atoms with Gasteiger partial charge in [-0.3, -0.25) is 4.68 Å². The number of hydrogen-bond acceptors (Lipinski definition) is 3. The first-order chi connectivity index (χ1) is 8.97. The van der Waals surface area contributed by atoms with E-state index in [0.29, 0.717) is 11.3 Å². The quantitative estimate of drug-likeness (QED) is 0.936. The lowest BCUT2D eigenvalue weighted by molar-refractivity contribution is 0.592. The third-order valence-electron chi connectivity index (χ3n) is 2.76. The number of aryl methyl sites for hydroxylation is 2. The minimum Gasteiger partial charge on any atom is -0.328 e. The number of rotatable bonds is 4. The topological polar surface area (TPSA) is 43.8 Å². The Labute approximate surface area is 117 Å². The van der Waals surface area contributed by atoms with E-state index in [-0.39, 0.29) is 11.9 Å². The van der Waals surface area contributed by atoms with Crippen LogP contribution in [-0.4, -0.2) is 15.8 Å². The van der Waals surface area contributed by atoms with Crippen LogP contribution in [0.4, 0.5) is 4.39 Å². The normalized spacial score (nSPS) is 12.7. The number of hydrogen-bond donors (Lipinski definition) is 1.